The number of Topliss-reactive ketones (excluding diaryl/α,β-unsaturated/α-hetero) is 1. The fraction of sp³-hybridized carbons (Fsp3) is 0.250. The first-order valence-electron chi connectivity index (χ1n) is 9.13. The molecule has 2 N–H and O–H groups in total. The Bertz CT molecular complexity index is 1210. The second-order valence-corrected chi connectivity index (χ2v) is 6.68. The van der Waals surface area contributed by atoms with Gasteiger partial charge in [0.25, 0.3) is 5.56 Å². The van der Waals surface area contributed by atoms with Crippen molar-refractivity contribution >= 4 is 17.6 Å². The SMILES string of the molecule is Cn1c(N)c(C(=O)COC(=O)CCc2cnn(-c3ccccc3)c2)c(=O)n(C)c1=O. The van der Waals surface area contributed by atoms with Gasteiger partial charge in [0, 0.05) is 26.7 Å². The van der Waals surface area contributed by atoms with E-state index in [9.17, 15) is 19.2 Å². The van der Waals surface area contributed by atoms with Crippen LogP contribution in [0.3, 0.4) is 0 Å². The van der Waals surface area contributed by atoms with Crippen molar-refractivity contribution in [3.8, 4) is 5.69 Å². The number of hydrogen-bond donors (Lipinski definition) is 1. The first-order chi connectivity index (χ1) is 14.3. The second kappa shape index (κ2) is 8.60. The van der Waals surface area contributed by atoms with Crippen LogP contribution in [0.5, 0.6) is 0 Å². The lowest BCUT2D eigenvalue weighted by Crippen LogP contribution is -2.42. The van der Waals surface area contributed by atoms with Crippen molar-refractivity contribution in [3.05, 3.63) is 74.7 Å². The van der Waals surface area contributed by atoms with Crippen LogP contribution in [-0.2, 0) is 30.0 Å². The molecule has 0 bridgehead atoms. The molecule has 0 aliphatic carbocycles. The third-order valence-corrected chi connectivity index (χ3v) is 4.63. The zero-order chi connectivity index (χ0) is 21.8. The van der Waals surface area contributed by atoms with Gasteiger partial charge in [0.2, 0.25) is 5.78 Å². The number of carbonyl (C=O) groups is 2. The third-order valence-electron chi connectivity index (χ3n) is 4.63. The lowest BCUT2D eigenvalue weighted by molar-refractivity contribution is -0.142. The number of nitrogens with zero attached hydrogens (tertiary/aromatic N) is 4. The summed E-state index contributed by atoms with van der Waals surface area (Å²) >= 11 is 0. The largest absolute Gasteiger partial charge is 0.457 e. The topological polar surface area (TPSA) is 131 Å². The average molecular weight is 411 g/mol. The Hall–Kier alpha value is -3.95. The smallest absolute Gasteiger partial charge is 0.332 e. The maximum atomic E-state index is 12.3. The monoisotopic (exact) mass is 411 g/mol. The Morgan fingerprint density at radius 3 is 2.50 bits per heavy atom. The van der Waals surface area contributed by atoms with Crippen molar-refractivity contribution in [2.24, 2.45) is 14.1 Å². The van der Waals surface area contributed by atoms with E-state index in [1.807, 2.05) is 36.5 Å². The van der Waals surface area contributed by atoms with Crippen LogP contribution in [0.1, 0.15) is 22.3 Å². The minimum Gasteiger partial charge on any atom is -0.457 e. The highest BCUT2D eigenvalue weighted by molar-refractivity contribution is 6.01. The van der Waals surface area contributed by atoms with Crippen LogP contribution in [0.15, 0.2) is 52.3 Å². The summed E-state index contributed by atoms with van der Waals surface area (Å²) in [5.74, 6) is -1.64. The summed E-state index contributed by atoms with van der Waals surface area (Å²) in [6, 6.07) is 9.52. The molecule has 0 radical (unpaired) electrons. The van der Waals surface area contributed by atoms with Crippen molar-refractivity contribution in [3.63, 3.8) is 0 Å². The molecule has 0 amide bonds. The van der Waals surface area contributed by atoms with Gasteiger partial charge in [-0.25, -0.2) is 9.48 Å². The van der Waals surface area contributed by atoms with Crippen LogP contribution in [0.4, 0.5) is 5.82 Å². The minimum absolute atomic E-state index is 0.0362. The summed E-state index contributed by atoms with van der Waals surface area (Å²) in [5, 5.41) is 4.25. The predicted octanol–water partition coefficient (Wildman–Crippen LogP) is 0.211. The number of nitrogens with two attached hydrogens (primary N) is 1. The average Bonchev–Trinajstić information content (AvgIpc) is 3.23. The molecule has 3 rings (SSSR count). The molecule has 0 saturated heterocycles. The molecule has 0 aliphatic rings. The van der Waals surface area contributed by atoms with Gasteiger partial charge in [-0.3, -0.25) is 23.5 Å². The number of hydrogen-bond acceptors (Lipinski definition) is 7. The number of benzene rings is 1. The second-order valence-electron chi connectivity index (χ2n) is 6.68. The molecule has 0 aliphatic heterocycles. The first-order valence-corrected chi connectivity index (χ1v) is 9.13. The minimum atomic E-state index is -0.829. The van der Waals surface area contributed by atoms with E-state index in [2.05, 4.69) is 5.10 Å². The van der Waals surface area contributed by atoms with Crippen molar-refractivity contribution in [1.82, 2.24) is 18.9 Å². The number of aryl methyl sites for hydroxylation is 1. The van der Waals surface area contributed by atoms with Gasteiger partial charge in [-0.1, -0.05) is 18.2 Å². The van der Waals surface area contributed by atoms with E-state index in [0.717, 1.165) is 20.4 Å². The quantitative estimate of drug-likeness (QED) is 0.434. The van der Waals surface area contributed by atoms with Crippen LogP contribution >= 0.6 is 0 Å². The highest BCUT2D eigenvalue weighted by Gasteiger charge is 2.21. The number of nitrogen functional groups attached to an aromatic ring is 1. The molecule has 0 atom stereocenters. The van der Waals surface area contributed by atoms with Crippen LogP contribution in [-0.4, -0.2) is 37.3 Å². The van der Waals surface area contributed by atoms with Gasteiger partial charge in [0.15, 0.2) is 6.61 Å². The van der Waals surface area contributed by atoms with Crippen molar-refractivity contribution in [1.29, 1.82) is 0 Å². The molecule has 10 heteroatoms. The van der Waals surface area contributed by atoms with E-state index >= 15 is 0 Å². The van der Waals surface area contributed by atoms with Gasteiger partial charge in [0.05, 0.1) is 11.9 Å². The molecule has 2 aromatic heterocycles. The summed E-state index contributed by atoms with van der Waals surface area (Å²) in [7, 11) is 2.58. The number of aromatic nitrogens is 4. The molecule has 10 nitrogen and oxygen atoms in total. The Kier molecular flexibility index (Phi) is 5.95. The standard InChI is InChI=1S/C20H21N5O5/c1-23-18(21)17(19(28)24(2)20(23)29)15(26)12-30-16(27)9-8-13-10-22-25(11-13)14-6-4-3-5-7-14/h3-7,10-11H,8-9,12,21H2,1-2H3. The van der Waals surface area contributed by atoms with Gasteiger partial charge in [0.1, 0.15) is 11.4 Å². The Morgan fingerprint density at radius 1 is 1.10 bits per heavy atom. The van der Waals surface area contributed by atoms with Gasteiger partial charge < -0.3 is 10.5 Å². The molecular weight excluding hydrogens is 390 g/mol. The fourth-order valence-electron chi connectivity index (χ4n) is 2.87. The third kappa shape index (κ3) is 4.22. The highest BCUT2D eigenvalue weighted by Crippen LogP contribution is 2.10. The number of esters is 1. The van der Waals surface area contributed by atoms with E-state index in [1.54, 1.807) is 10.9 Å². The number of ketones is 1. The van der Waals surface area contributed by atoms with Gasteiger partial charge >= 0.3 is 11.7 Å². The van der Waals surface area contributed by atoms with Crippen molar-refractivity contribution in [2.75, 3.05) is 12.3 Å². The van der Waals surface area contributed by atoms with Crippen molar-refractivity contribution < 1.29 is 14.3 Å². The Labute approximate surface area is 171 Å². The number of carbonyl (C=O) groups excluding carboxylic acids is 2. The van der Waals surface area contributed by atoms with Gasteiger partial charge in [-0.05, 0) is 24.1 Å². The number of para-hydroxylation sites is 1. The number of rotatable bonds is 7. The summed E-state index contributed by atoms with van der Waals surface area (Å²) in [6.45, 7) is -0.639. The molecule has 30 heavy (non-hydrogen) atoms. The molecule has 3 aromatic rings. The summed E-state index contributed by atoms with van der Waals surface area (Å²) in [5.41, 5.74) is 5.60. The van der Waals surface area contributed by atoms with E-state index in [0.29, 0.717) is 6.42 Å². The normalized spacial score (nSPS) is 10.7. The summed E-state index contributed by atoms with van der Waals surface area (Å²) in [6.07, 6.45) is 3.88. The Balaban J connectivity index is 1.58. The Morgan fingerprint density at radius 2 is 1.80 bits per heavy atom. The van der Waals surface area contributed by atoms with E-state index in [1.165, 1.54) is 14.1 Å². The van der Waals surface area contributed by atoms with Crippen LogP contribution in [0.25, 0.3) is 5.69 Å². The zero-order valence-corrected chi connectivity index (χ0v) is 16.6. The summed E-state index contributed by atoms with van der Waals surface area (Å²) < 4.78 is 8.44. The molecule has 2 heterocycles. The molecule has 0 fully saturated rings. The van der Waals surface area contributed by atoms with Gasteiger partial charge in [-0.2, -0.15) is 5.10 Å². The number of anilines is 1. The maximum Gasteiger partial charge on any atom is 0.332 e. The molecule has 0 unspecified atom stereocenters. The highest BCUT2D eigenvalue weighted by atomic mass is 16.5. The molecule has 0 saturated carbocycles. The van der Waals surface area contributed by atoms with Crippen LogP contribution in [0.2, 0.25) is 0 Å². The maximum absolute atomic E-state index is 12.3. The molecular formula is C20H21N5O5. The van der Waals surface area contributed by atoms with E-state index < -0.39 is 29.6 Å². The molecule has 1 aromatic carbocycles. The van der Waals surface area contributed by atoms with Gasteiger partial charge in [-0.15, -0.1) is 0 Å². The van der Waals surface area contributed by atoms with Crippen LogP contribution < -0.4 is 17.0 Å². The molecule has 156 valence electrons. The first kappa shape index (κ1) is 20.8. The lowest BCUT2D eigenvalue weighted by Gasteiger charge is -2.10. The molecule has 0 spiro atoms. The predicted molar refractivity (Wildman–Crippen MR) is 109 cm³/mol. The lowest BCUT2D eigenvalue weighted by atomic mass is 10.2. The van der Waals surface area contributed by atoms with Crippen LogP contribution in [0, 0.1) is 0 Å². The fourth-order valence-corrected chi connectivity index (χ4v) is 2.87. The van der Waals surface area contributed by atoms with Crippen molar-refractivity contribution in [2.45, 2.75) is 12.8 Å². The van der Waals surface area contributed by atoms with E-state index in [4.69, 9.17) is 10.5 Å². The van der Waals surface area contributed by atoms with E-state index in [-0.39, 0.29) is 17.8 Å². The zero-order valence-electron chi connectivity index (χ0n) is 16.6. The summed E-state index contributed by atoms with van der Waals surface area (Å²) in [4.78, 5) is 48.3. The number of ether oxygens (including phenoxy) is 1.